The lowest BCUT2D eigenvalue weighted by Crippen LogP contribution is -2.38. The molecule has 0 spiro atoms. The van der Waals surface area contributed by atoms with E-state index in [0.29, 0.717) is 0 Å². The van der Waals surface area contributed by atoms with Crippen LogP contribution in [-0.2, 0) is 4.74 Å². The molecule has 0 aliphatic carbocycles. The quantitative estimate of drug-likeness (QED) is 0.584. The minimum atomic E-state index is -3.33. The second kappa shape index (κ2) is 4.11. The van der Waals surface area contributed by atoms with E-state index in [4.69, 9.17) is 10.2 Å². The van der Waals surface area contributed by atoms with E-state index in [1.54, 1.807) is 0 Å². The minimum absolute atomic E-state index is 1.10. The Morgan fingerprint density at radius 2 is 1.67 bits per heavy atom. The van der Waals surface area contributed by atoms with Crippen LogP contribution in [0.5, 0.6) is 0 Å². The molecule has 1 rings (SSSR count). The van der Waals surface area contributed by atoms with Gasteiger partial charge in [0.15, 0.2) is 12.4 Å². The summed E-state index contributed by atoms with van der Waals surface area (Å²) in [7, 11) is 0. The number of hydrogen-bond acceptors (Lipinski definition) is 3. The summed E-state index contributed by atoms with van der Waals surface area (Å²) in [4.78, 5) is 0. The number of rotatable bonds is 0. The van der Waals surface area contributed by atoms with Crippen LogP contribution in [-0.4, -0.2) is 34.6 Å². The molecule has 1 heterocycles. The highest BCUT2D eigenvalue weighted by atomic mass is 19.3. The van der Waals surface area contributed by atoms with Gasteiger partial charge in [0.1, 0.15) is 6.10 Å². The zero-order chi connectivity index (χ0) is 9.94. The molecule has 2 N–H and O–H groups in total. The van der Waals surface area contributed by atoms with Crippen LogP contribution < -0.4 is 0 Å². The molecule has 0 saturated carbocycles. The number of ether oxygens (including phenoxy) is 1. The van der Waals surface area contributed by atoms with Crippen molar-refractivity contribution in [2.75, 3.05) is 0 Å². The van der Waals surface area contributed by atoms with Crippen molar-refractivity contribution >= 4 is 0 Å². The Bertz CT molecular complexity index is 141. The number of alkyl halides is 2. The summed E-state index contributed by atoms with van der Waals surface area (Å²) >= 11 is 0. The third-order valence-corrected chi connectivity index (χ3v) is 1.55. The lowest BCUT2D eigenvalue weighted by molar-refractivity contribution is -0.130. The highest BCUT2D eigenvalue weighted by Crippen LogP contribution is 2.34. The summed E-state index contributed by atoms with van der Waals surface area (Å²) < 4.78 is 29.1. The lowest BCUT2D eigenvalue weighted by Gasteiger charge is -2.14. The Labute approximate surface area is 70.0 Å². The zero-order valence-electron chi connectivity index (χ0n) is 7.29. The maximum Gasteiger partial charge on any atom is 0.303 e. The van der Waals surface area contributed by atoms with Crippen molar-refractivity contribution in [2.24, 2.45) is 0 Å². The first kappa shape index (κ1) is 11.7. The molecule has 1 aliphatic heterocycles. The molecule has 5 heteroatoms. The first-order valence-electron chi connectivity index (χ1n) is 3.85. The predicted molar refractivity (Wildman–Crippen MR) is 38.9 cm³/mol. The molecule has 1 saturated heterocycles. The standard InChI is InChI=1S/C5H8F2O3.C2H6/c1-2-5(6,7)3(8)4(9)10-2;1-2/h2-4,8-9H,1H3;1-2H3. The normalized spacial score (nSPS) is 38.8. The van der Waals surface area contributed by atoms with Crippen molar-refractivity contribution in [2.45, 2.75) is 45.2 Å². The maximum atomic E-state index is 12.4. The topological polar surface area (TPSA) is 49.7 Å². The smallest absolute Gasteiger partial charge is 0.303 e. The van der Waals surface area contributed by atoms with Gasteiger partial charge in [-0.1, -0.05) is 13.8 Å². The summed E-state index contributed by atoms with van der Waals surface area (Å²) in [5.74, 6) is -3.33. The van der Waals surface area contributed by atoms with Gasteiger partial charge in [0.2, 0.25) is 0 Å². The summed E-state index contributed by atoms with van der Waals surface area (Å²) in [6, 6.07) is 0. The van der Waals surface area contributed by atoms with Gasteiger partial charge in [-0.2, -0.15) is 0 Å². The molecule has 0 radical (unpaired) electrons. The van der Waals surface area contributed by atoms with E-state index >= 15 is 0 Å². The Morgan fingerprint density at radius 3 is 1.75 bits per heavy atom. The molecule has 12 heavy (non-hydrogen) atoms. The second-order valence-electron chi connectivity index (χ2n) is 2.29. The average Bonchev–Trinajstić information content (AvgIpc) is 2.20. The van der Waals surface area contributed by atoms with Crippen LogP contribution in [0.3, 0.4) is 0 Å². The van der Waals surface area contributed by atoms with Crippen molar-refractivity contribution in [3.05, 3.63) is 0 Å². The van der Waals surface area contributed by atoms with Gasteiger partial charge in [-0.15, -0.1) is 0 Å². The molecule has 0 aromatic heterocycles. The maximum absolute atomic E-state index is 12.4. The van der Waals surface area contributed by atoms with Crippen LogP contribution >= 0.6 is 0 Å². The van der Waals surface area contributed by atoms with Crippen LogP contribution in [0, 0.1) is 0 Å². The number of aliphatic hydroxyl groups is 2. The number of halogens is 2. The molecule has 0 aromatic carbocycles. The van der Waals surface area contributed by atoms with Gasteiger partial charge in [0, 0.05) is 0 Å². The number of hydrogen-bond donors (Lipinski definition) is 2. The third kappa shape index (κ3) is 1.91. The molecule has 3 nitrogen and oxygen atoms in total. The summed E-state index contributed by atoms with van der Waals surface area (Å²) in [5, 5.41) is 17.1. The van der Waals surface area contributed by atoms with E-state index in [1.807, 2.05) is 13.8 Å². The van der Waals surface area contributed by atoms with Crippen molar-refractivity contribution in [3.63, 3.8) is 0 Å². The SMILES string of the molecule is CC.CC1OC(O)C(O)C1(F)F. The van der Waals surface area contributed by atoms with Crippen molar-refractivity contribution in [1.29, 1.82) is 0 Å². The van der Waals surface area contributed by atoms with Crippen LogP contribution in [0.4, 0.5) is 8.78 Å². The molecule has 74 valence electrons. The molecule has 0 aromatic rings. The van der Waals surface area contributed by atoms with E-state index in [1.165, 1.54) is 0 Å². The van der Waals surface area contributed by atoms with E-state index in [-0.39, 0.29) is 0 Å². The van der Waals surface area contributed by atoms with Gasteiger partial charge in [0.25, 0.3) is 0 Å². The fourth-order valence-electron chi connectivity index (χ4n) is 0.805. The van der Waals surface area contributed by atoms with Gasteiger partial charge in [0.05, 0.1) is 0 Å². The molecule has 3 atom stereocenters. The fraction of sp³-hybridized carbons (Fsp3) is 1.00. The van der Waals surface area contributed by atoms with Crippen LogP contribution in [0.25, 0.3) is 0 Å². The Balaban J connectivity index is 0.000000561. The fourth-order valence-corrected chi connectivity index (χ4v) is 0.805. The minimum Gasteiger partial charge on any atom is -0.382 e. The highest BCUT2D eigenvalue weighted by Gasteiger charge is 2.55. The lowest BCUT2D eigenvalue weighted by atomic mass is 10.1. The van der Waals surface area contributed by atoms with E-state index in [9.17, 15) is 8.78 Å². The summed E-state index contributed by atoms with van der Waals surface area (Å²) in [5.41, 5.74) is 0. The molecule has 1 aliphatic rings. The number of aliphatic hydroxyl groups excluding tert-OH is 2. The van der Waals surface area contributed by atoms with Crippen LogP contribution in [0.2, 0.25) is 0 Å². The third-order valence-electron chi connectivity index (χ3n) is 1.55. The molecule has 0 bridgehead atoms. The molecular formula is C7H14F2O3. The van der Waals surface area contributed by atoms with Crippen LogP contribution in [0.1, 0.15) is 20.8 Å². The molecular weight excluding hydrogens is 170 g/mol. The summed E-state index contributed by atoms with van der Waals surface area (Å²) in [6.07, 6.45) is -5.27. The Morgan fingerprint density at radius 1 is 1.25 bits per heavy atom. The Hall–Kier alpha value is -0.260. The molecule has 3 unspecified atom stereocenters. The zero-order valence-corrected chi connectivity index (χ0v) is 7.29. The molecule has 0 amide bonds. The monoisotopic (exact) mass is 184 g/mol. The van der Waals surface area contributed by atoms with Gasteiger partial charge in [-0.05, 0) is 6.92 Å². The van der Waals surface area contributed by atoms with Crippen molar-refractivity contribution in [3.8, 4) is 0 Å². The van der Waals surface area contributed by atoms with Crippen molar-refractivity contribution < 1.29 is 23.7 Å². The van der Waals surface area contributed by atoms with E-state index in [0.717, 1.165) is 6.92 Å². The first-order chi connectivity index (χ1) is 5.46. The summed E-state index contributed by atoms with van der Waals surface area (Å²) in [6.45, 7) is 5.10. The average molecular weight is 184 g/mol. The van der Waals surface area contributed by atoms with Gasteiger partial charge in [-0.25, -0.2) is 8.78 Å². The van der Waals surface area contributed by atoms with Gasteiger partial charge in [-0.3, -0.25) is 0 Å². The van der Waals surface area contributed by atoms with Gasteiger partial charge >= 0.3 is 5.92 Å². The first-order valence-corrected chi connectivity index (χ1v) is 3.85. The van der Waals surface area contributed by atoms with E-state index < -0.39 is 24.4 Å². The highest BCUT2D eigenvalue weighted by molar-refractivity contribution is 4.90. The van der Waals surface area contributed by atoms with Gasteiger partial charge < -0.3 is 14.9 Å². The molecule has 1 fully saturated rings. The Kier molecular flexibility index (Phi) is 4.02. The predicted octanol–water partition coefficient (Wildman–Crippen LogP) is 0.746. The van der Waals surface area contributed by atoms with Crippen LogP contribution in [0.15, 0.2) is 0 Å². The van der Waals surface area contributed by atoms with E-state index in [2.05, 4.69) is 4.74 Å². The second-order valence-corrected chi connectivity index (χ2v) is 2.29. The van der Waals surface area contributed by atoms with Crippen molar-refractivity contribution in [1.82, 2.24) is 0 Å². The largest absolute Gasteiger partial charge is 0.382 e.